The molecule has 0 unspecified atom stereocenters. The summed E-state index contributed by atoms with van der Waals surface area (Å²) in [7, 11) is 0. The van der Waals surface area contributed by atoms with Crippen LogP contribution in [-0.4, -0.2) is 37.6 Å². The van der Waals surface area contributed by atoms with Crippen molar-refractivity contribution in [1.82, 2.24) is 5.32 Å². The molecule has 0 radical (unpaired) electrons. The number of aliphatic carboxylic acids is 1. The van der Waals surface area contributed by atoms with Gasteiger partial charge in [0.15, 0.2) is 23.9 Å². The quantitative estimate of drug-likeness (QED) is 0.661. The molecule has 2 aliphatic heterocycles. The Kier molecular flexibility index (Phi) is 5.25. The number of carbonyl (C=O) groups excluding carboxylic acids is 3. The molecule has 2 aliphatic rings. The molecule has 154 valence electrons. The molecule has 0 atom stereocenters. The number of Topliss-reactive ketones (excluding diaryl/α,β-unsaturated/α-hetero) is 1. The van der Waals surface area contributed by atoms with Crippen LogP contribution in [0.15, 0.2) is 42.2 Å². The maximum atomic E-state index is 12.6. The monoisotopic (exact) mass is 410 g/mol. The number of nitrogens with one attached hydrogen (secondary N) is 1. The third-order valence-corrected chi connectivity index (χ3v) is 4.36. The molecule has 0 saturated heterocycles. The highest BCUT2D eigenvalue weighted by atomic mass is 16.7. The van der Waals surface area contributed by atoms with Crippen molar-refractivity contribution in [1.29, 1.82) is 0 Å². The summed E-state index contributed by atoms with van der Waals surface area (Å²) in [6.45, 7) is -0.187. The summed E-state index contributed by atoms with van der Waals surface area (Å²) in [5, 5.41) is 12.7. The number of hydrogen-bond acceptors (Lipinski definition) is 8. The third kappa shape index (κ3) is 4.19. The number of allylic oxidation sites excluding steroid dienone is 1. The molecule has 30 heavy (non-hydrogen) atoms. The van der Waals surface area contributed by atoms with E-state index in [1.54, 1.807) is 36.4 Å². The molecule has 2 aromatic rings. The van der Waals surface area contributed by atoms with Crippen molar-refractivity contribution in [3.05, 3.63) is 53.3 Å². The first kappa shape index (κ1) is 19.3. The predicted molar refractivity (Wildman–Crippen MR) is 100 cm³/mol. The van der Waals surface area contributed by atoms with Gasteiger partial charge in [-0.1, -0.05) is 6.07 Å². The number of carboxylic acid groups (broad SMARTS) is 1. The second-order valence-corrected chi connectivity index (χ2v) is 6.47. The molecular formula is C21H16NO8-. The zero-order chi connectivity index (χ0) is 21.1. The van der Waals surface area contributed by atoms with Crippen LogP contribution < -0.4 is 29.4 Å². The van der Waals surface area contributed by atoms with Crippen LogP contribution in [0, 0.1) is 0 Å². The molecule has 0 fully saturated rings. The summed E-state index contributed by atoms with van der Waals surface area (Å²) in [6, 6.07) is 9.92. The Morgan fingerprint density at radius 1 is 1.10 bits per heavy atom. The minimum Gasteiger partial charge on any atom is -0.550 e. The van der Waals surface area contributed by atoms with E-state index in [1.165, 1.54) is 6.07 Å². The largest absolute Gasteiger partial charge is 0.550 e. The van der Waals surface area contributed by atoms with Gasteiger partial charge in [-0.25, -0.2) is 0 Å². The van der Waals surface area contributed by atoms with E-state index in [1.807, 2.05) is 0 Å². The van der Waals surface area contributed by atoms with E-state index in [-0.39, 0.29) is 37.9 Å². The average molecular weight is 410 g/mol. The fourth-order valence-electron chi connectivity index (χ4n) is 2.92. The van der Waals surface area contributed by atoms with E-state index in [9.17, 15) is 19.5 Å². The van der Waals surface area contributed by atoms with Gasteiger partial charge >= 0.3 is 0 Å². The van der Waals surface area contributed by atoms with Crippen LogP contribution in [-0.2, 0) is 9.59 Å². The number of benzene rings is 2. The van der Waals surface area contributed by atoms with E-state index in [2.05, 4.69) is 5.32 Å². The van der Waals surface area contributed by atoms with Gasteiger partial charge in [-0.05, 0) is 35.9 Å². The van der Waals surface area contributed by atoms with Crippen molar-refractivity contribution in [2.24, 2.45) is 0 Å². The summed E-state index contributed by atoms with van der Waals surface area (Å²) in [5.41, 5.74) is 1.10. The lowest BCUT2D eigenvalue weighted by Gasteiger charge is -2.08. The molecule has 4 rings (SSSR count). The highest BCUT2D eigenvalue weighted by Gasteiger charge is 2.28. The first-order chi connectivity index (χ1) is 14.5. The number of amides is 1. The minimum absolute atomic E-state index is 0.0413. The normalized spacial score (nSPS) is 14.9. The van der Waals surface area contributed by atoms with Crippen LogP contribution in [0.4, 0.5) is 0 Å². The van der Waals surface area contributed by atoms with Crippen LogP contribution in [0.2, 0.25) is 0 Å². The first-order valence-corrected chi connectivity index (χ1v) is 9.07. The molecule has 0 aromatic heterocycles. The maximum absolute atomic E-state index is 12.6. The molecule has 0 aliphatic carbocycles. The van der Waals surface area contributed by atoms with Gasteiger partial charge < -0.3 is 34.2 Å². The number of ketones is 1. The van der Waals surface area contributed by atoms with Crippen molar-refractivity contribution >= 4 is 23.7 Å². The number of hydrogen-bond donors (Lipinski definition) is 1. The Morgan fingerprint density at radius 2 is 1.93 bits per heavy atom. The van der Waals surface area contributed by atoms with Crippen molar-refractivity contribution in [3.8, 4) is 23.0 Å². The molecule has 2 aromatic carbocycles. The third-order valence-electron chi connectivity index (χ3n) is 4.36. The maximum Gasteiger partial charge on any atom is 0.257 e. The number of fused-ring (bicyclic) bond motifs is 2. The van der Waals surface area contributed by atoms with Gasteiger partial charge in [0.2, 0.25) is 12.6 Å². The van der Waals surface area contributed by atoms with Gasteiger partial charge in [-0.2, -0.15) is 0 Å². The number of carboxylic acids is 1. The van der Waals surface area contributed by atoms with Crippen LogP contribution in [0.3, 0.4) is 0 Å². The molecule has 9 heteroatoms. The Morgan fingerprint density at radius 3 is 2.77 bits per heavy atom. The second-order valence-electron chi connectivity index (χ2n) is 6.47. The summed E-state index contributed by atoms with van der Waals surface area (Å²) < 4.78 is 21.6. The van der Waals surface area contributed by atoms with E-state index in [0.717, 1.165) is 5.56 Å². The Labute approximate surface area is 170 Å². The molecule has 2 heterocycles. The van der Waals surface area contributed by atoms with Crippen LogP contribution in [0.25, 0.3) is 6.08 Å². The van der Waals surface area contributed by atoms with E-state index >= 15 is 0 Å². The second kappa shape index (κ2) is 8.16. The van der Waals surface area contributed by atoms with Crippen LogP contribution in [0.5, 0.6) is 23.0 Å². The number of rotatable bonds is 7. The fraction of sp³-hybridized carbons (Fsp3) is 0.190. The van der Waals surface area contributed by atoms with Gasteiger partial charge in [0.1, 0.15) is 11.5 Å². The average Bonchev–Trinajstić information content (AvgIpc) is 3.30. The Bertz CT molecular complexity index is 1060. The van der Waals surface area contributed by atoms with Gasteiger partial charge in [0, 0.05) is 25.0 Å². The van der Waals surface area contributed by atoms with Crippen molar-refractivity contribution in [2.45, 2.75) is 6.42 Å². The molecule has 0 bridgehead atoms. The molecule has 0 spiro atoms. The number of ether oxygens (including phenoxy) is 4. The first-order valence-electron chi connectivity index (χ1n) is 9.07. The van der Waals surface area contributed by atoms with Gasteiger partial charge in [0.25, 0.3) is 5.91 Å². The standard InChI is InChI=1S/C21H17NO8/c23-19(22-6-5-20(24)25)10-27-13-2-3-14-16(9-13)30-18(21(14)26)8-12-1-4-15-17(7-12)29-11-28-15/h1-4,7-9H,5-6,10-11H2,(H,22,23)(H,24,25)/p-1/b18-8-. The summed E-state index contributed by atoms with van der Waals surface area (Å²) in [5.74, 6) is 0.0573. The summed E-state index contributed by atoms with van der Waals surface area (Å²) >= 11 is 0. The molecule has 1 amide bonds. The SMILES string of the molecule is O=C([O-])CCNC(=O)COc1ccc2c(c1)O/C(=C\c1ccc3c(c1)OCO3)C2=O. The van der Waals surface area contributed by atoms with Gasteiger partial charge in [0.05, 0.1) is 5.56 Å². The lowest BCUT2D eigenvalue weighted by Crippen LogP contribution is -2.33. The van der Waals surface area contributed by atoms with Gasteiger partial charge in [-0.3, -0.25) is 9.59 Å². The molecule has 0 saturated carbocycles. The highest BCUT2D eigenvalue weighted by molar-refractivity contribution is 6.14. The van der Waals surface area contributed by atoms with Crippen LogP contribution >= 0.6 is 0 Å². The van der Waals surface area contributed by atoms with Gasteiger partial charge in [-0.15, -0.1) is 0 Å². The van der Waals surface area contributed by atoms with E-state index < -0.39 is 11.9 Å². The Balaban J connectivity index is 1.40. The lowest BCUT2D eigenvalue weighted by atomic mass is 10.1. The predicted octanol–water partition coefficient (Wildman–Crippen LogP) is 0.666. The molecule has 1 N–H and O–H groups in total. The lowest BCUT2D eigenvalue weighted by molar-refractivity contribution is -0.305. The zero-order valence-electron chi connectivity index (χ0n) is 15.6. The van der Waals surface area contributed by atoms with Crippen LogP contribution in [0.1, 0.15) is 22.3 Å². The topological polar surface area (TPSA) is 123 Å². The van der Waals surface area contributed by atoms with Crippen molar-refractivity contribution in [2.75, 3.05) is 19.9 Å². The van der Waals surface area contributed by atoms with E-state index in [0.29, 0.717) is 28.6 Å². The van der Waals surface area contributed by atoms with Crippen molar-refractivity contribution in [3.63, 3.8) is 0 Å². The smallest absolute Gasteiger partial charge is 0.257 e. The number of carbonyl (C=O) groups is 3. The minimum atomic E-state index is -1.25. The summed E-state index contributed by atoms with van der Waals surface area (Å²) in [4.78, 5) is 34.6. The van der Waals surface area contributed by atoms with Crippen molar-refractivity contribution < 1.29 is 38.4 Å². The highest BCUT2D eigenvalue weighted by Crippen LogP contribution is 2.36. The summed E-state index contributed by atoms with van der Waals surface area (Å²) in [6.07, 6.45) is 1.33. The zero-order valence-corrected chi connectivity index (χ0v) is 15.6. The fourth-order valence-corrected chi connectivity index (χ4v) is 2.92. The Hall–Kier alpha value is -4.01. The molecule has 9 nitrogen and oxygen atoms in total. The van der Waals surface area contributed by atoms with E-state index in [4.69, 9.17) is 18.9 Å². The molecular weight excluding hydrogens is 394 g/mol.